The summed E-state index contributed by atoms with van der Waals surface area (Å²) in [5, 5.41) is 13.4. The zero-order chi connectivity index (χ0) is 14.0. The molecule has 2 rings (SSSR count). The highest BCUT2D eigenvalue weighted by Gasteiger charge is 2.15. The van der Waals surface area contributed by atoms with Gasteiger partial charge in [-0.2, -0.15) is 0 Å². The number of hydrogen-bond acceptors (Lipinski definition) is 5. The first-order valence-corrected chi connectivity index (χ1v) is 6.65. The average molecular weight is 277 g/mol. The lowest BCUT2D eigenvalue weighted by Gasteiger charge is -2.11. The molecule has 2 aromatic rings. The van der Waals surface area contributed by atoms with Crippen molar-refractivity contribution in [2.24, 2.45) is 0 Å². The summed E-state index contributed by atoms with van der Waals surface area (Å²) in [6.45, 7) is 6.06. The van der Waals surface area contributed by atoms with Crippen LogP contribution in [0, 0.1) is 20.8 Å². The van der Waals surface area contributed by atoms with Crippen molar-refractivity contribution in [3.05, 3.63) is 39.1 Å². The van der Waals surface area contributed by atoms with Crippen LogP contribution in [0.25, 0.3) is 0 Å². The Bertz CT molecular complexity index is 622. The molecule has 0 saturated carbocycles. The second-order valence-corrected chi connectivity index (χ2v) is 5.60. The van der Waals surface area contributed by atoms with Gasteiger partial charge in [-0.05, 0) is 26.8 Å². The van der Waals surface area contributed by atoms with E-state index in [1.807, 2.05) is 13.8 Å². The number of anilines is 1. The topological polar surface area (TPSA) is 75.1 Å². The maximum Gasteiger partial charge on any atom is 0.339 e. The molecule has 0 aliphatic heterocycles. The Morgan fingerprint density at radius 1 is 1.42 bits per heavy atom. The molecule has 0 saturated heterocycles. The Kier molecular flexibility index (Phi) is 3.80. The van der Waals surface area contributed by atoms with Crippen LogP contribution in [-0.2, 0) is 6.54 Å². The molecule has 100 valence electrons. The van der Waals surface area contributed by atoms with Gasteiger partial charge in [0.05, 0.1) is 22.9 Å². The number of carboxylic acids is 1. The first-order chi connectivity index (χ1) is 8.97. The maximum absolute atomic E-state index is 11.3. The predicted octanol–water partition coefficient (Wildman–Crippen LogP) is 2.77. The molecule has 2 heterocycles. The van der Waals surface area contributed by atoms with Crippen LogP contribution in [0.2, 0.25) is 0 Å². The minimum absolute atomic E-state index is 0.229. The van der Waals surface area contributed by atoms with E-state index in [0.717, 1.165) is 15.6 Å². The van der Waals surface area contributed by atoms with Crippen molar-refractivity contribution in [2.45, 2.75) is 27.3 Å². The highest BCUT2D eigenvalue weighted by atomic mass is 32.1. The number of aromatic nitrogens is 2. The van der Waals surface area contributed by atoms with Crippen molar-refractivity contribution in [3.63, 3.8) is 0 Å². The van der Waals surface area contributed by atoms with Gasteiger partial charge in [0.1, 0.15) is 5.56 Å². The van der Waals surface area contributed by atoms with Crippen LogP contribution in [0.4, 0.5) is 5.69 Å². The number of carboxylic acid groups (broad SMARTS) is 1. The lowest BCUT2D eigenvalue weighted by Crippen LogP contribution is -2.10. The third-order valence-electron chi connectivity index (χ3n) is 2.66. The van der Waals surface area contributed by atoms with E-state index in [9.17, 15) is 9.90 Å². The average Bonchev–Trinajstić information content (AvgIpc) is 2.71. The van der Waals surface area contributed by atoms with Gasteiger partial charge in [0.2, 0.25) is 0 Å². The molecule has 0 aliphatic carbocycles. The van der Waals surface area contributed by atoms with Gasteiger partial charge in [-0.15, -0.1) is 11.3 Å². The maximum atomic E-state index is 11.3. The normalized spacial score (nSPS) is 10.5. The number of hydrogen-bond donors (Lipinski definition) is 2. The molecule has 0 radical (unpaired) electrons. The van der Waals surface area contributed by atoms with E-state index < -0.39 is 5.97 Å². The van der Waals surface area contributed by atoms with E-state index in [4.69, 9.17) is 0 Å². The van der Waals surface area contributed by atoms with E-state index in [0.29, 0.717) is 17.9 Å². The molecule has 2 aromatic heterocycles. The Labute approximate surface area is 115 Å². The van der Waals surface area contributed by atoms with Gasteiger partial charge in [0.25, 0.3) is 0 Å². The molecule has 0 fully saturated rings. The molecule has 5 nitrogen and oxygen atoms in total. The Balaban J connectivity index is 2.26. The van der Waals surface area contributed by atoms with Crippen molar-refractivity contribution in [3.8, 4) is 0 Å². The molecular weight excluding hydrogens is 262 g/mol. The van der Waals surface area contributed by atoms with Gasteiger partial charge < -0.3 is 10.4 Å². The second-order valence-electron chi connectivity index (χ2n) is 4.28. The number of pyridine rings is 1. The molecule has 6 heteroatoms. The van der Waals surface area contributed by atoms with Crippen LogP contribution in [0.3, 0.4) is 0 Å². The lowest BCUT2D eigenvalue weighted by molar-refractivity contribution is 0.0696. The molecule has 19 heavy (non-hydrogen) atoms. The van der Waals surface area contributed by atoms with Crippen molar-refractivity contribution in [1.29, 1.82) is 0 Å². The van der Waals surface area contributed by atoms with Gasteiger partial charge in [-0.1, -0.05) is 0 Å². The van der Waals surface area contributed by atoms with Gasteiger partial charge in [0.15, 0.2) is 0 Å². The largest absolute Gasteiger partial charge is 0.478 e. The molecule has 0 atom stereocenters. The Morgan fingerprint density at radius 3 is 2.74 bits per heavy atom. The molecule has 0 spiro atoms. The Hall–Kier alpha value is -1.95. The van der Waals surface area contributed by atoms with Crippen molar-refractivity contribution in [1.82, 2.24) is 9.97 Å². The van der Waals surface area contributed by atoms with Crippen LogP contribution >= 0.6 is 11.3 Å². The van der Waals surface area contributed by atoms with Gasteiger partial charge in [0, 0.05) is 16.8 Å². The van der Waals surface area contributed by atoms with Crippen molar-refractivity contribution >= 4 is 23.0 Å². The summed E-state index contributed by atoms with van der Waals surface area (Å²) in [7, 11) is 0. The quantitative estimate of drug-likeness (QED) is 0.898. The highest BCUT2D eigenvalue weighted by Crippen LogP contribution is 2.21. The fraction of sp³-hybridized carbons (Fsp3) is 0.308. The third kappa shape index (κ3) is 3.08. The van der Waals surface area contributed by atoms with Crippen LogP contribution in [0.15, 0.2) is 12.3 Å². The van der Waals surface area contributed by atoms with E-state index in [1.54, 1.807) is 30.5 Å². The van der Waals surface area contributed by atoms with Gasteiger partial charge in [-0.25, -0.2) is 9.78 Å². The number of nitrogens with one attached hydrogen (secondary N) is 1. The number of aryl methyl sites for hydroxylation is 3. The molecule has 2 N–H and O–H groups in total. The highest BCUT2D eigenvalue weighted by molar-refractivity contribution is 7.11. The van der Waals surface area contributed by atoms with E-state index in [1.165, 1.54) is 0 Å². The van der Waals surface area contributed by atoms with Crippen LogP contribution in [0.5, 0.6) is 0 Å². The van der Waals surface area contributed by atoms with Crippen LogP contribution in [0.1, 0.15) is 31.6 Å². The Morgan fingerprint density at radius 2 is 2.16 bits per heavy atom. The molecule has 0 aliphatic rings. The summed E-state index contributed by atoms with van der Waals surface area (Å²) >= 11 is 1.59. The SMILES string of the molecule is Cc1cc(NCc2cnc(C)s2)c(C(=O)O)c(C)n1. The van der Waals surface area contributed by atoms with Crippen molar-refractivity contribution in [2.75, 3.05) is 5.32 Å². The van der Waals surface area contributed by atoms with E-state index in [-0.39, 0.29) is 5.56 Å². The fourth-order valence-electron chi connectivity index (χ4n) is 1.91. The number of nitrogens with zero attached hydrogens (tertiary/aromatic N) is 2. The van der Waals surface area contributed by atoms with Crippen molar-refractivity contribution < 1.29 is 9.90 Å². The predicted molar refractivity (Wildman–Crippen MR) is 74.8 cm³/mol. The number of aromatic carboxylic acids is 1. The minimum Gasteiger partial charge on any atom is -0.478 e. The summed E-state index contributed by atoms with van der Waals surface area (Å²) in [5.41, 5.74) is 2.15. The molecule has 0 bridgehead atoms. The first kappa shape index (κ1) is 13.5. The van der Waals surface area contributed by atoms with Crippen LogP contribution < -0.4 is 5.32 Å². The van der Waals surface area contributed by atoms with E-state index in [2.05, 4.69) is 15.3 Å². The van der Waals surface area contributed by atoms with E-state index >= 15 is 0 Å². The molecule has 0 unspecified atom stereocenters. The lowest BCUT2D eigenvalue weighted by atomic mass is 10.1. The van der Waals surface area contributed by atoms with Crippen LogP contribution in [-0.4, -0.2) is 21.0 Å². The third-order valence-corrected chi connectivity index (χ3v) is 3.58. The number of rotatable bonds is 4. The first-order valence-electron chi connectivity index (χ1n) is 5.84. The van der Waals surface area contributed by atoms with Gasteiger partial charge >= 0.3 is 5.97 Å². The number of carbonyl (C=O) groups is 1. The zero-order valence-electron chi connectivity index (χ0n) is 11.0. The summed E-state index contributed by atoms with van der Waals surface area (Å²) in [5.74, 6) is -0.965. The monoisotopic (exact) mass is 277 g/mol. The standard InChI is InChI=1S/C13H15N3O2S/c1-7-4-11(12(13(17)18)8(2)16-7)15-6-10-5-14-9(3)19-10/h4-5H,6H2,1-3H3,(H,15,16)(H,17,18). The summed E-state index contributed by atoms with van der Waals surface area (Å²) < 4.78 is 0. The summed E-state index contributed by atoms with van der Waals surface area (Å²) in [6.07, 6.45) is 1.80. The summed E-state index contributed by atoms with van der Waals surface area (Å²) in [4.78, 5) is 20.7. The minimum atomic E-state index is -0.965. The molecule has 0 amide bonds. The summed E-state index contributed by atoms with van der Waals surface area (Å²) in [6, 6.07) is 1.75. The zero-order valence-corrected chi connectivity index (χ0v) is 11.8. The second kappa shape index (κ2) is 5.36. The smallest absolute Gasteiger partial charge is 0.339 e. The molecule has 0 aromatic carbocycles. The molecular formula is C13H15N3O2S. The fourth-order valence-corrected chi connectivity index (χ4v) is 2.64. The van der Waals surface area contributed by atoms with Gasteiger partial charge in [-0.3, -0.25) is 4.98 Å². The number of thiazole rings is 1.